The number of benzene rings is 2. The summed E-state index contributed by atoms with van der Waals surface area (Å²) in [5, 5.41) is 10.8. The van der Waals surface area contributed by atoms with E-state index in [0.717, 1.165) is 5.56 Å². The van der Waals surface area contributed by atoms with E-state index in [1.54, 1.807) is 37.3 Å². The molecule has 0 aliphatic rings. The molecule has 0 fully saturated rings. The van der Waals surface area contributed by atoms with E-state index in [9.17, 15) is 9.90 Å². The predicted octanol–water partition coefficient (Wildman–Crippen LogP) is 3.15. The van der Waals surface area contributed by atoms with Gasteiger partial charge in [-0.15, -0.1) is 0 Å². The van der Waals surface area contributed by atoms with E-state index in [1.807, 2.05) is 36.4 Å². The smallest absolute Gasteiger partial charge is 0.347 e. The van der Waals surface area contributed by atoms with Gasteiger partial charge in [0.1, 0.15) is 0 Å². The van der Waals surface area contributed by atoms with Crippen molar-refractivity contribution in [1.82, 2.24) is 0 Å². The number of aliphatic hydroxyl groups is 1. The van der Waals surface area contributed by atoms with Gasteiger partial charge in [-0.25, -0.2) is 4.79 Å². The Hall–Kier alpha value is -2.39. The lowest BCUT2D eigenvalue weighted by molar-refractivity contribution is -0.160. The molecule has 0 saturated carbocycles. The molecule has 1 atom stereocenters. The first kappa shape index (κ1) is 15.0. The summed E-state index contributed by atoms with van der Waals surface area (Å²) in [7, 11) is 0. The van der Waals surface area contributed by atoms with Crippen molar-refractivity contribution in [2.45, 2.75) is 12.5 Å². The van der Waals surface area contributed by atoms with Crippen LogP contribution in [0, 0.1) is 0 Å². The third-order valence-electron chi connectivity index (χ3n) is 3.12. The Kier molecular flexibility index (Phi) is 4.90. The van der Waals surface area contributed by atoms with Gasteiger partial charge in [-0.05, 0) is 24.1 Å². The fourth-order valence-corrected chi connectivity index (χ4v) is 2.00. The SMILES string of the molecule is CCOC(=O)C(O)(C=Cc1ccccc1)c1ccccc1. The quantitative estimate of drug-likeness (QED) is 0.857. The summed E-state index contributed by atoms with van der Waals surface area (Å²) in [6, 6.07) is 18.3. The first-order valence-electron chi connectivity index (χ1n) is 6.86. The Morgan fingerprint density at radius 3 is 2.24 bits per heavy atom. The molecule has 2 aromatic rings. The molecular formula is C18H18O3. The van der Waals surface area contributed by atoms with E-state index in [-0.39, 0.29) is 6.61 Å². The molecule has 0 aliphatic heterocycles. The molecular weight excluding hydrogens is 264 g/mol. The number of esters is 1. The molecule has 0 aliphatic carbocycles. The van der Waals surface area contributed by atoms with Crippen molar-refractivity contribution < 1.29 is 14.6 Å². The van der Waals surface area contributed by atoms with Crippen molar-refractivity contribution in [3.63, 3.8) is 0 Å². The summed E-state index contributed by atoms with van der Waals surface area (Å²) in [5.74, 6) is -0.677. The maximum atomic E-state index is 12.2. The summed E-state index contributed by atoms with van der Waals surface area (Å²) in [4.78, 5) is 12.2. The summed E-state index contributed by atoms with van der Waals surface area (Å²) >= 11 is 0. The van der Waals surface area contributed by atoms with E-state index >= 15 is 0 Å². The Balaban J connectivity index is 2.37. The molecule has 3 heteroatoms. The highest BCUT2D eigenvalue weighted by Gasteiger charge is 2.36. The van der Waals surface area contributed by atoms with Crippen LogP contribution in [0.5, 0.6) is 0 Å². The topological polar surface area (TPSA) is 46.5 Å². The molecule has 1 unspecified atom stereocenters. The Morgan fingerprint density at radius 2 is 1.67 bits per heavy atom. The van der Waals surface area contributed by atoms with E-state index in [4.69, 9.17) is 4.74 Å². The second-order valence-corrected chi connectivity index (χ2v) is 4.60. The van der Waals surface area contributed by atoms with Gasteiger partial charge in [0, 0.05) is 0 Å². The fourth-order valence-electron chi connectivity index (χ4n) is 2.00. The van der Waals surface area contributed by atoms with Crippen LogP contribution < -0.4 is 0 Å². The third-order valence-corrected chi connectivity index (χ3v) is 3.12. The van der Waals surface area contributed by atoms with Gasteiger partial charge in [-0.2, -0.15) is 0 Å². The number of carbonyl (C=O) groups excluding carboxylic acids is 1. The average molecular weight is 282 g/mol. The highest BCUT2D eigenvalue weighted by Crippen LogP contribution is 2.25. The monoisotopic (exact) mass is 282 g/mol. The summed E-state index contributed by atoms with van der Waals surface area (Å²) in [5.41, 5.74) is -0.403. The molecule has 0 bridgehead atoms. The number of ether oxygens (including phenoxy) is 1. The molecule has 0 aromatic heterocycles. The Labute approximate surface area is 124 Å². The number of rotatable bonds is 5. The predicted molar refractivity (Wildman–Crippen MR) is 82.4 cm³/mol. The number of hydrogen-bond acceptors (Lipinski definition) is 3. The lowest BCUT2D eigenvalue weighted by Gasteiger charge is -2.22. The van der Waals surface area contributed by atoms with Crippen LogP contribution in [0.15, 0.2) is 66.7 Å². The van der Waals surface area contributed by atoms with Gasteiger partial charge in [-0.3, -0.25) is 0 Å². The summed E-state index contributed by atoms with van der Waals surface area (Å²) < 4.78 is 5.01. The molecule has 108 valence electrons. The second-order valence-electron chi connectivity index (χ2n) is 4.60. The minimum Gasteiger partial charge on any atom is -0.463 e. The lowest BCUT2D eigenvalue weighted by atomic mass is 9.92. The maximum Gasteiger partial charge on any atom is 0.347 e. The van der Waals surface area contributed by atoms with E-state index < -0.39 is 11.6 Å². The number of hydrogen-bond donors (Lipinski definition) is 1. The highest BCUT2D eigenvalue weighted by atomic mass is 16.5. The standard InChI is InChI=1S/C18H18O3/c1-2-21-17(19)18(20,16-11-7-4-8-12-16)14-13-15-9-5-3-6-10-15/h3-14,20H,2H2,1H3. The van der Waals surface area contributed by atoms with Crippen molar-refractivity contribution in [1.29, 1.82) is 0 Å². The third kappa shape index (κ3) is 3.58. The normalized spacial score (nSPS) is 13.8. The van der Waals surface area contributed by atoms with Crippen LogP contribution in [0.4, 0.5) is 0 Å². The highest BCUT2D eigenvalue weighted by molar-refractivity contribution is 5.84. The Morgan fingerprint density at radius 1 is 1.10 bits per heavy atom. The first-order chi connectivity index (χ1) is 10.2. The van der Waals surface area contributed by atoms with Crippen LogP contribution in [0.1, 0.15) is 18.1 Å². The van der Waals surface area contributed by atoms with Crippen molar-refractivity contribution in [3.05, 3.63) is 77.9 Å². The molecule has 0 radical (unpaired) electrons. The van der Waals surface area contributed by atoms with Gasteiger partial charge >= 0.3 is 5.97 Å². The first-order valence-corrected chi connectivity index (χ1v) is 6.86. The molecule has 0 saturated heterocycles. The molecule has 2 rings (SSSR count). The lowest BCUT2D eigenvalue weighted by Crippen LogP contribution is -2.35. The van der Waals surface area contributed by atoms with Crippen LogP contribution in [0.2, 0.25) is 0 Å². The second kappa shape index (κ2) is 6.86. The van der Waals surface area contributed by atoms with E-state index in [2.05, 4.69) is 0 Å². The molecule has 0 amide bonds. The average Bonchev–Trinajstić information content (AvgIpc) is 2.54. The van der Waals surface area contributed by atoms with Crippen molar-refractivity contribution in [2.75, 3.05) is 6.61 Å². The van der Waals surface area contributed by atoms with Crippen LogP contribution in [-0.2, 0) is 15.1 Å². The zero-order chi connectivity index (χ0) is 15.1. The van der Waals surface area contributed by atoms with Gasteiger partial charge in [0.15, 0.2) is 0 Å². The van der Waals surface area contributed by atoms with E-state index in [0.29, 0.717) is 5.56 Å². The van der Waals surface area contributed by atoms with Gasteiger partial charge in [0.05, 0.1) is 6.61 Å². The minimum absolute atomic E-state index is 0.215. The van der Waals surface area contributed by atoms with Gasteiger partial charge < -0.3 is 9.84 Å². The fraction of sp³-hybridized carbons (Fsp3) is 0.167. The molecule has 0 heterocycles. The van der Waals surface area contributed by atoms with Gasteiger partial charge in [0.2, 0.25) is 5.60 Å². The molecule has 2 aromatic carbocycles. The van der Waals surface area contributed by atoms with Crippen molar-refractivity contribution in [3.8, 4) is 0 Å². The van der Waals surface area contributed by atoms with Crippen molar-refractivity contribution >= 4 is 12.0 Å². The minimum atomic E-state index is -1.78. The molecule has 3 nitrogen and oxygen atoms in total. The largest absolute Gasteiger partial charge is 0.463 e. The van der Waals surface area contributed by atoms with Crippen LogP contribution in [0.25, 0.3) is 6.08 Å². The van der Waals surface area contributed by atoms with Gasteiger partial charge in [-0.1, -0.05) is 66.7 Å². The zero-order valence-corrected chi connectivity index (χ0v) is 11.9. The van der Waals surface area contributed by atoms with Crippen molar-refractivity contribution in [2.24, 2.45) is 0 Å². The van der Waals surface area contributed by atoms with Crippen LogP contribution in [-0.4, -0.2) is 17.7 Å². The van der Waals surface area contributed by atoms with Crippen LogP contribution >= 0.6 is 0 Å². The van der Waals surface area contributed by atoms with Crippen LogP contribution in [0.3, 0.4) is 0 Å². The molecule has 1 N–H and O–H groups in total. The molecule has 21 heavy (non-hydrogen) atoms. The van der Waals surface area contributed by atoms with E-state index in [1.165, 1.54) is 6.08 Å². The molecule has 0 spiro atoms. The zero-order valence-electron chi connectivity index (χ0n) is 11.9. The maximum absolute atomic E-state index is 12.2. The summed E-state index contributed by atoms with van der Waals surface area (Å²) in [6.45, 7) is 1.93. The number of carbonyl (C=O) groups is 1. The summed E-state index contributed by atoms with van der Waals surface area (Å²) in [6.07, 6.45) is 3.18. The Bertz CT molecular complexity index is 605. The van der Waals surface area contributed by atoms with Gasteiger partial charge in [0.25, 0.3) is 0 Å².